The van der Waals surface area contributed by atoms with Gasteiger partial charge in [-0.05, 0) is 24.6 Å². The summed E-state index contributed by atoms with van der Waals surface area (Å²) in [7, 11) is 3.27. The monoisotopic (exact) mass is 362 g/mol. The average molecular weight is 362 g/mol. The van der Waals surface area contributed by atoms with Crippen LogP contribution in [0.1, 0.15) is 24.5 Å². The number of nitrogens with zero attached hydrogens (tertiary/aromatic N) is 2. The van der Waals surface area contributed by atoms with Crippen LogP contribution in [0.4, 0.5) is 17.6 Å². The Hall–Kier alpha value is -2.32. The minimum Gasteiger partial charge on any atom is -0.357 e. The second-order valence-corrected chi connectivity index (χ2v) is 5.46. The minimum absolute atomic E-state index is 0.0822. The zero-order chi connectivity index (χ0) is 19.0. The number of alkyl halides is 3. The highest BCUT2D eigenvalue weighted by Crippen LogP contribution is 2.32. The summed E-state index contributed by atoms with van der Waals surface area (Å²) in [5.41, 5.74) is -1.18. The van der Waals surface area contributed by atoms with Crippen molar-refractivity contribution in [3.63, 3.8) is 0 Å². The molecule has 9 heteroatoms. The Balaban J connectivity index is 2.82. The summed E-state index contributed by atoms with van der Waals surface area (Å²) >= 11 is 0. The fraction of sp³-hybridized carbons (Fsp3) is 0.500. The third kappa shape index (κ3) is 6.98. The predicted octanol–water partition coefficient (Wildman–Crippen LogP) is 2.38. The third-order valence-corrected chi connectivity index (χ3v) is 3.26. The van der Waals surface area contributed by atoms with Crippen LogP contribution in [0, 0.1) is 5.82 Å². The predicted molar refractivity (Wildman–Crippen MR) is 87.5 cm³/mol. The molecule has 0 atom stereocenters. The highest BCUT2D eigenvalue weighted by Gasteiger charge is 2.33. The Morgan fingerprint density at radius 2 is 1.92 bits per heavy atom. The molecule has 0 heterocycles. The van der Waals surface area contributed by atoms with Crippen LogP contribution in [0.25, 0.3) is 0 Å². The van der Waals surface area contributed by atoms with E-state index in [1.54, 1.807) is 21.0 Å². The van der Waals surface area contributed by atoms with Gasteiger partial charge in [0.1, 0.15) is 5.82 Å². The molecule has 0 radical (unpaired) electrons. The topological polar surface area (TPSA) is 56.7 Å². The molecule has 0 saturated heterocycles. The largest absolute Gasteiger partial charge is 0.416 e. The average Bonchev–Trinajstić information content (AvgIpc) is 2.52. The highest BCUT2D eigenvalue weighted by atomic mass is 19.4. The molecule has 0 aliphatic rings. The number of carbonyl (C=O) groups is 1. The quantitative estimate of drug-likeness (QED) is 0.464. The molecule has 5 nitrogen and oxygen atoms in total. The van der Waals surface area contributed by atoms with E-state index in [4.69, 9.17) is 0 Å². The second-order valence-electron chi connectivity index (χ2n) is 5.46. The van der Waals surface area contributed by atoms with Crippen molar-refractivity contribution in [3.05, 3.63) is 35.1 Å². The van der Waals surface area contributed by atoms with E-state index in [0.717, 1.165) is 12.1 Å². The lowest BCUT2D eigenvalue weighted by atomic mass is 10.1. The van der Waals surface area contributed by atoms with Crippen molar-refractivity contribution in [1.82, 2.24) is 15.5 Å². The van der Waals surface area contributed by atoms with Gasteiger partial charge in [0.05, 0.1) is 12.1 Å². The van der Waals surface area contributed by atoms with Gasteiger partial charge < -0.3 is 15.5 Å². The minimum atomic E-state index is -4.66. The van der Waals surface area contributed by atoms with E-state index in [0.29, 0.717) is 19.2 Å². The molecule has 0 bridgehead atoms. The molecular formula is C16H22F4N4O. The molecule has 25 heavy (non-hydrogen) atoms. The summed E-state index contributed by atoms with van der Waals surface area (Å²) in [4.78, 5) is 17.0. The Morgan fingerprint density at radius 1 is 1.24 bits per heavy atom. The van der Waals surface area contributed by atoms with Crippen molar-refractivity contribution < 1.29 is 22.4 Å². The zero-order valence-corrected chi connectivity index (χ0v) is 14.4. The maximum atomic E-state index is 13.1. The van der Waals surface area contributed by atoms with Crippen molar-refractivity contribution in [3.8, 4) is 0 Å². The van der Waals surface area contributed by atoms with Crippen LogP contribution in [0.5, 0.6) is 0 Å². The van der Waals surface area contributed by atoms with Crippen LogP contribution in [-0.4, -0.2) is 44.0 Å². The van der Waals surface area contributed by atoms with Crippen LogP contribution in [0.2, 0.25) is 0 Å². The molecule has 1 aromatic rings. The third-order valence-electron chi connectivity index (χ3n) is 3.26. The first-order valence-electron chi connectivity index (χ1n) is 7.73. The zero-order valence-electron chi connectivity index (χ0n) is 14.4. The molecule has 0 aliphatic heterocycles. The number of benzene rings is 1. The van der Waals surface area contributed by atoms with E-state index < -0.39 is 17.6 Å². The Morgan fingerprint density at radius 3 is 2.48 bits per heavy atom. The maximum absolute atomic E-state index is 13.1. The van der Waals surface area contributed by atoms with E-state index in [-0.39, 0.29) is 30.4 Å². The van der Waals surface area contributed by atoms with Gasteiger partial charge in [0.25, 0.3) is 0 Å². The van der Waals surface area contributed by atoms with Crippen molar-refractivity contribution in [1.29, 1.82) is 0 Å². The summed E-state index contributed by atoms with van der Waals surface area (Å²) in [5, 5.41) is 5.77. The van der Waals surface area contributed by atoms with Crippen molar-refractivity contribution in [2.24, 2.45) is 4.99 Å². The fourth-order valence-corrected chi connectivity index (χ4v) is 1.97. The fourth-order valence-electron chi connectivity index (χ4n) is 1.97. The maximum Gasteiger partial charge on any atom is 0.416 e. The molecule has 0 spiro atoms. The molecule has 0 unspecified atom stereocenters. The molecule has 140 valence electrons. The second kappa shape index (κ2) is 9.24. The van der Waals surface area contributed by atoms with Gasteiger partial charge in [-0.3, -0.25) is 4.79 Å². The molecule has 0 fully saturated rings. The van der Waals surface area contributed by atoms with Crippen LogP contribution >= 0.6 is 0 Å². The molecule has 1 amide bonds. The van der Waals surface area contributed by atoms with E-state index in [9.17, 15) is 22.4 Å². The van der Waals surface area contributed by atoms with Crippen LogP contribution < -0.4 is 10.6 Å². The number of nitrogens with one attached hydrogen (secondary N) is 2. The highest BCUT2D eigenvalue weighted by molar-refractivity contribution is 5.81. The first-order chi connectivity index (χ1) is 11.6. The first kappa shape index (κ1) is 20.7. The van der Waals surface area contributed by atoms with Crippen LogP contribution in [-0.2, 0) is 17.5 Å². The van der Waals surface area contributed by atoms with Gasteiger partial charge in [0.15, 0.2) is 5.96 Å². The lowest BCUT2D eigenvalue weighted by molar-refractivity contribution is -0.138. The molecule has 0 aliphatic carbocycles. The number of amides is 1. The van der Waals surface area contributed by atoms with E-state index >= 15 is 0 Å². The summed E-state index contributed by atoms with van der Waals surface area (Å²) < 4.78 is 52.0. The summed E-state index contributed by atoms with van der Waals surface area (Å²) in [6.45, 7) is 2.33. The Labute approximate surface area is 144 Å². The summed E-state index contributed by atoms with van der Waals surface area (Å²) in [6.07, 6.45) is -4.43. The van der Waals surface area contributed by atoms with E-state index in [1.165, 1.54) is 4.90 Å². The molecule has 0 saturated carbocycles. The SMILES string of the molecule is CCNC(=NCc1ccc(F)cc1C(F)(F)F)NCCC(=O)N(C)C. The molecular weight excluding hydrogens is 340 g/mol. The summed E-state index contributed by atoms with van der Waals surface area (Å²) in [6, 6.07) is 2.50. The number of carbonyl (C=O) groups excluding carboxylic acids is 1. The number of aliphatic imine (C=N–C) groups is 1. The summed E-state index contributed by atoms with van der Waals surface area (Å²) in [5.74, 6) is -0.750. The number of halogens is 4. The van der Waals surface area contributed by atoms with Gasteiger partial charge in [-0.15, -0.1) is 0 Å². The van der Waals surface area contributed by atoms with Crippen molar-refractivity contribution >= 4 is 11.9 Å². The Bertz CT molecular complexity index is 615. The number of rotatable bonds is 6. The molecule has 1 aromatic carbocycles. The van der Waals surface area contributed by atoms with E-state index in [1.807, 2.05) is 0 Å². The van der Waals surface area contributed by atoms with Crippen molar-refractivity contribution in [2.45, 2.75) is 26.1 Å². The molecule has 1 rings (SSSR count). The molecule has 0 aromatic heterocycles. The van der Waals surface area contributed by atoms with Gasteiger partial charge in [0.2, 0.25) is 5.91 Å². The van der Waals surface area contributed by atoms with Gasteiger partial charge >= 0.3 is 6.18 Å². The number of guanidine groups is 1. The lowest BCUT2D eigenvalue weighted by Crippen LogP contribution is -2.39. The smallest absolute Gasteiger partial charge is 0.357 e. The van der Waals surface area contributed by atoms with Crippen LogP contribution in [0.15, 0.2) is 23.2 Å². The van der Waals surface area contributed by atoms with Gasteiger partial charge in [0, 0.05) is 33.6 Å². The normalized spacial score (nSPS) is 12.0. The van der Waals surface area contributed by atoms with Gasteiger partial charge in [-0.1, -0.05) is 6.07 Å². The number of hydrogen-bond acceptors (Lipinski definition) is 2. The standard InChI is InChI=1S/C16H22F4N4O/c1-4-21-15(22-8-7-14(25)24(2)3)23-10-11-5-6-12(17)9-13(11)16(18,19)20/h5-6,9H,4,7-8,10H2,1-3H3,(H2,21,22,23). The number of hydrogen-bond donors (Lipinski definition) is 2. The lowest BCUT2D eigenvalue weighted by Gasteiger charge is -2.15. The Kier molecular flexibility index (Phi) is 7.66. The first-order valence-corrected chi connectivity index (χ1v) is 7.73. The van der Waals surface area contributed by atoms with Crippen molar-refractivity contribution in [2.75, 3.05) is 27.2 Å². The van der Waals surface area contributed by atoms with E-state index in [2.05, 4.69) is 15.6 Å². The molecule has 2 N–H and O–H groups in total. The van der Waals surface area contributed by atoms with Crippen LogP contribution in [0.3, 0.4) is 0 Å². The van der Waals surface area contributed by atoms with Gasteiger partial charge in [-0.25, -0.2) is 9.38 Å². The van der Waals surface area contributed by atoms with Gasteiger partial charge in [-0.2, -0.15) is 13.2 Å².